The Morgan fingerprint density at radius 2 is 1.88 bits per heavy atom. The van der Waals surface area contributed by atoms with Crippen LogP contribution in [0.5, 0.6) is 11.5 Å². The molecule has 0 bridgehead atoms. The Labute approximate surface area is 155 Å². The SMILES string of the molecule is CCC(NC(=O)COc1cccc2c1CCCC2)c1ccc(OC)cc1. The van der Waals surface area contributed by atoms with Gasteiger partial charge in [-0.25, -0.2) is 0 Å². The summed E-state index contributed by atoms with van der Waals surface area (Å²) in [6, 6.07) is 13.9. The molecule has 1 aliphatic carbocycles. The number of nitrogens with one attached hydrogen (secondary N) is 1. The molecule has 0 spiro atoms. The van der Waals surface area contributed by atoms with Gasteiger partial charge in [0.25, 0.3) is 5.91 Å². The first-order valence-electron chi connectivity index (χ1n) is 9.38. The number of methoxy groups -OCH3 is 1. The number of hydrogen-bond acceptors (Lipinski definition) is 3. The molecule has 1 unspecified atom stereocenters. The molecule has 2 aromatic rings. The highest BCUT2D eigenvalue weighted by Gasteiger charge is 2.16. The highest BCUT2D eigenvalue weighted by atomic mass is 16.5. The molecule has 1 amide bonds. The van der Waals surface area contributed by atoms with Gasteiger partial charge in [0.15, 0.2) is 6.61 Å². The summed E-state index contributed by atoms with van der Waals surface area (Å²) in [5.41, 5.74) is 3.70. The molecule has 0 heterocycles. The van der Waals surface area contributed by atoms with E-state index in [9.17, 15) is 4.79 Å². The average Bonchev–Trinajstić information content (AvgIpc) is 2.70. The maximum atomic E-state index is 12.4. The molecule has 4 nitrogen and oxygen atoms in total. The number of carbonyl (C=O) groups is 1. The summed E-state index contributed by atoms with van der Waals surface area (Å²) in [6.45, 7) is 2.10. The molecule has 0 aliphatic heterocycles. The lowest BCUT2D eigenvalue weighted by atomic mass is 9.91. The highest BCUT2D eigenvalue weighted by molar-refractivity contribution is 5.78. The molecule has 0 radical (unpaired) electrons. The Bertz CT molecular complexity index is 740. The second-order valence-electron chi connectivity index (χ2n) is 6.69. The molecule has 4 heteroatoms. The van der Waals surface area contributed by atoms with Gasteiger partial charge in [-0.2, -0.15) is 0 Å². The van der Waals surface area contributed by atoms with Crippen molar-refractivity contribution in [1.29, 1.82) is 0 Å². The molecule has 0 saturated heterocycles. The molecule has 0 saturated carbocycles. The van der Waals surface area contributed by atoms with Crippen LogP contribution < -0.4 is 14.8 Å². The first-order chi connectivity index (χ1) is 12.7. The third-order valence-electron chi connectivity index (χ3n) is 4.97. The van der Waals surface area contributed by atoms with Gasteiger partial charge in [-0.05, 0) is 67.0 Å². The number of fused-ring (bicyclic) bond motifs is 1. The van der Waals surface area contributed by atoms with E-state index in [2.05, 4.69) is 18.3 Å². The fourth-order valence-corrected chi connectivity index (χ4v) is 3.52. The summed E-state index contributed by atoms with van der Waals surface area (Å²) < 4.78 is 11.0. The second kappa shape index (κ2) is 8.75. The lowest BCUT2D eigenvalue weighted by molar-refractivity contribution is -0.123. The summed E-state index contributed by atoms with van der Waals surface area (Å²) >= 11 is 0. The van der Waals surface area contributed by atoms with Gasteiger partial charge in [-0.3, -0.25) is 4.79 Å². The van der Waals surface area contributed by atoms with Gasteiger partial charge in [0, 0.05) is 0 Å². The molecule has 26 heavy (non-hydrogen) atoms. The van der Waals surface area contributed by atoms with Crippen LogP contribution in [-0.4, -0.2) is 19.6 Å². The van der Waals surface area contributed by atoms with Crippen LogP contribution in [0.2, 0.25) is 0 Å². The van der Waals surface area contributed by atoms with E-state index < -0.39 is 0 Å². The number of carbonyl (C=O) groups excluding carboxylic acids is 1. The minimum atomic E-state index is -0.0962. The Balaban J connectivity index is 1.59. The van der Waals surface area contributed by atoms with Crippen molar-refractivity contribution in [1.82, 2.24) is 5.32 Å². The van der Waals surface area contributed by atoms with E-state index in [1.807, 2.05) is 36.4 Å². The van der Waals surface area contributed by atoms with E-state index in [4.69, 9.17) is 9.47 Å². The van der Waals surface area contributed by atoms with Crippen molar-refractivity contribution in [2.45, 2.75) is 45.1 Å². The van der Waals surface area contributed by atoms with Crippen LogP contribution in [0.25, 0.3) is 0 Å². The summed E-state index contributed by atoms with van der Waals surface area (Å²) in [4.78, 5) is 12.4. The van der Waals surface area contributed by atoms with Crippen LogP contribution in [0, 0.1) is 0 Å². The monoisotopic (exact) mass is 353 g/mol. The van der Waals surface area contributed by atoms with E-state index in [1.54, 1.807) is 7.11 Å². The predicted molar refractivity (Wildman–Crippen MR) is 103 cm³/mol. The van der Waals surface area contributed by atoms with Crippen LogP contribution in [0.15, 0.2) is 42.5 Å². The Morgan fingerprint density at radius 1 is 1.12 bits per heavy atom. The van der Waals surface area contributed by atoms with Crippen LogP contribution in [0.4, 0.5) is 0 Å². The van der Waals surface area contributed by atoms with E-state index in [-0.39, 0.29) is 18.6 Å². The van der Waals surface area contributed by atoms with E-state index in [0.29, 0.717) is 0 Å². The maximum absolute atomic E-state index is 12.4. The molecule has 0 fully saturated rings. The third-order valence-corrected chi connectivity index (χ3v) is 4.97. The largest absolute Gasteiger partial charge is 0.497 e. The zero-order valence-electron chi connectivity index (χ0n) is 15.6. The molecule has 1 atom stereocenters. The molecule has 1 N–H and O–H groups in total. The van der Waals surface area contributed by atoms with Crippen molar-refractivity contribution in [3.8, 4) is 11.5 Å². The number of ether oxygens (including phenoxy) is 2. The summed E-state index contributed by atoms with van der Waals surface area (Å²) in [6.07, 6.45) is 5.38. The van der Waals surface area contributed by atoms with Crippen molar-refractivity contribution >= 4 is 5.91 Å². The number of rotatable bonds is 7. The fourth-order valence-electron chi connectivity index (χ4n) is 3.52. The van der Waals surface area contributed by atoms with Crippen molar-refractivity contribution in [3.63, 3.8) is 0 Å². The van der Waals surface area contributed by atoms with Crippen molar-refractivity contribution in [3.05, 3.63) is 59.2 Å². The van der Waals surface area contributed by atoms with Gasteiger partial charge in [-0.15, -0.1) is 0 Å². The van der Waals surface area contributed by atoms with Gasteiger partial charge in [-0.1, -0.05) is 31.2 Å². The Kier molecular flexibility index (Phi) is 6.16. The first kappa shape index (κ1) is 18.3. The van der Waals surface area contributed by atoms with Crippen LogP contribution in [0.1, 0.15) is 48.9 Å². The lowest BCUT2D eigenvalue weighted by Crippen LogP contribution is -2.32. The van der Waals surface area contributed by atoms with Crippen LogP contribution >= 0.6 is 0 Å². The third kappa shape index (κ3) is 4.37. The number of benzene rings is 2. The van der Waals surface area contributed by atoms with Gasteiger partial charge in [0.2, 0.25) is 0 Å². The maximum Gasteiger partial charge on any atom is 0.258 e. The zero-order valence-corrected chi connectivity index (χ0v) is 15.6. The normalized spacial score (nSPS) is 14.2. The number of hydrogen-bond donors (Lipinski definition) is 1. The Hall–Kier alpha value is -2.49. The Morgan fingerprint density at radius 3 is 2.62 bits per heavy atom. The fraction of sp³-hybridized carbons (Fsp3) is 0.409. The molecule has 3 rings (SSSR count). The lowest BCUT2D eigenvalue weighted by Gasteiger charge is -2.21. The van der Waals surface area contributed by atoms with Crippen LogP contribution in [0.3, 0.4) is 0 Å². The first-order valence-corrected chi connectivity index (χ1v) is 9.38. The molecular formula is C22H27NO3. The van der Waals surface area contributed by atoms with Gasteiger partial charge < -0.3 is 14.8 Å². The van der Waals surface area contributed by atoms with Crippen molar-refractivity contribution in [2.75, 3.05) is 13.7 Å². The minimum absolute atomic E-state index is 0.0262. The zero-order chi connectivity index (χ0) is 18.4. The van der Waals surface area contributed by atoms with Crippen molar-refractivity contribution in [2.24, 2.45) is 0 Å². The van der Waals surface area contributed by atoms with Crippen molar-refractivity contribution < 1.29 is 14.3 Å². The number of amides is 1. The molecule has 0 aromatic heterocycles. The summed E-state index contributed by atoms with van der Waals surface area (Å²) in [5.74, 6) is 1.57. The minimum Gasteiger partial charge on any atom is -0.497 e. The van der Waals surface area contributed by atoms with Crippen LogP contribution in [-0.2, 0) is 17.6 Å². The average molecular weight is 353 g/mol. The molecular weight excluding hydrogens is 326 g/mol. The number of aryl methyl sites for hydroxylation is 1. The highest BCUT2D eigenvalue weighted by Crippen LogP contribution is 2.29. The predicted octanol–water partition coefficient (Wildman–Crippen LogP) is 4.22. The molecule has 2 aromatic carbocycles. The second-order valence-corrected chi connectivity index (χ2v) is 6.69. The van der Waals surface area contributed by atoms with Gasteiger partial charge >= 0.3 is 0 Å². The molecule has 1 aliphatic rings. The van der Waals surface area contributed by atoms with E-state index >= 15 is 0 Å². The van der Waals surface area contributed by atoms with E-state index in [0.717, 1.165) is 36.3 Å². The van der Waals surface area contributed by atoms with E-state index in [1.165, 1.54) is 24.0 Å². The topological polar surface area (TPSA) is 47.6 Å². The van der Waals surface area contributed by atoms with Gasteiger partial charge in [0.05, 0.1) is 13.2 Å². The summed E-state index contributed by atoms with van der Waals surface area (Å²) in [7, 11) is 1.65. The molecule has 138 valence electrons. The van der Waals surface area contributed by atoms with Gasteiger partial charge in [0.1, 0.15) is 11.5 Å². The quantitative estimate of drug-likeness (QED) is 0.811. The summed E-state index contributed by atoms with van der Waals surface area (Å²) in [5, 5.41) is 3.07. The standard InChI is InChI=1S/C22H27NO3/c1-3-20(17-11-13-18(25-2)14-12-17)23-22(24)15-26-21-10-6-8-16-7-4-5-9-19(16)21/h6,8,10-14,20H,3-5,7,9,15H2,1-2H3,(H,23,24). The smallest absolute Gasteiger partial charge is 0.258 e.